The van der Waals surface area contributed by atoms with Crippen LogP contribution < -0.4 is 11.2 Å². The van der Waals surface area contributed by atoms with Gasteiger partial charge in [0.15, 0.2) is 0 Å². The van der Waals surface area contributed by atoms with Crippen molar-refractivity contribution >= 4 is 0 Å². The topological polar surface area (TPSA) is 58.1 Å². The van der Waals surface area contributed by atoms with Gasteiger partial charge in [-0.25, -0.2) is 4.79 Å². The predicted molar refractivity (Wildman–Crippen MR) is 114 cm³/mol. The van der Waals surface area contributed by atoms with Crippen molar-refractivity contribution in [2.75, 3.05) is 20.6 Å². The van der Waals surface area contributed by atoms with E-state index in [2.05, 4.69) is 37.0 Å². The van der Waals surface area contributed by atoms with Gasteiger partial charge < -0.3 is 9.88 Å². The third-order valence-electron chi connectivity index (χ3n) is 5.97. The fraction of sp³-hybridized carbons (Fsp3) is 0.565. The molecule has 0 saturated heterocycles. The van der Waals surface area contributed by atoms with Crippen LogP contribution in [0.15, 0.2) is 33.9 Å². The first-order valence-corrected chi connectivity index (χ1v) is 10.4. The Morgan fingerprint density at radius 1 is 1.14 bits per heavy atom. The fourth-order valence-corrected chi connectivity index (χ4v) is 4.23. The molecule has 0 spiro atoms. The lowest BCUT2D eigenvalue weighted by molar-refractivity contribution is 0.339. The highest BCUT2D eigenvalue weighted by Crippen LogP contribution is 2.35. The van der Waals surface area contributed by atoms with Crippen LogP contribution in [0.25, 0.3) is 0 Å². The van der Waals surface area contributed by atoms with Crippen LogP contribution in [0.3, 0.4) is 0 Å². The molecular weight excluding hydrogens is 350 g/mol. The average Bonchev–Trinajstić information content (AvgIpc) is 2.64. The van der Waals surface area contributed by atoms with E-state index in [9.17, 15) is 9.59 Å². The van der Waals surface area contributed by atoms with Gasteiger partial charge in [0.1, 0.15) is 0 Å². The Morgan fingerprint density at radius 2 is 1.86 bits per heavy atom. The number of aromatic nitrogens is 2. The number of hydrogen-bond donors (Lipinski definition) is 1. The molecule has 0 bridgehead atoms. The average molecular weight is 384 g/mol. The van der Waals surface area contributed by atoms with Crippen LogP contribution in [-0.2, 0) is 13.0 Å². The van der Waals surface area contributed by atoms with Crippen LogP contribution in [0.1, 0.15) is 60.9 Å². The molecule has 1 heterocycles. The van der Waals surface area contributed by atoms with Gasteiger partial charge >= 0.3 is 5.69 Å². The maximum absolute atomic E-state index is 13.3. The lowest BCUT2D eigenvalue weighted by Crippen LogP contribution is -2.41. The molecule has 1 aliphatic rings. The van der Waals surface area contributed by atoms with Crippen molar-refractivity contribution in [1.29, 1.82) is 0 Å². The van der Waals surface area contributed by atoms with E-state index >= 15 is 0 Å². The summed E-state index contributed by atoms with van der Waals surface area (Å²) in [6, 6.07) is 8.29. The van der Waals surface area contributed by atoms with Gasteiger partial charge in [0.2, 0.25) is 0 Å². The van der Waals surface area contributed by atoms with Crippen molar-refractivity contribution in [1.82, 2.24) is 14.5 Å². The number of aryl methyl sites for hydroxylation is 1. The number of likely N-dealkylation sites (N-methyl/N-ethyl adjacent to an activating group) is 1. The zero-order valence-corrected chi connectivity index (χ0v) is 17.6. The van der Waals surface area contributed by atoms with Crippen LogP contribution in [-0.4, -0.2) is 35.1 Å². The SMILES string of the molecule is Cc1cccc(Cc2c(C3CCC(C)CC3)[nH]c(=O)n(CCN(C)C)c2=O)c1. The summed E-state index contributed by atoms with van der Waals surface area (Å²) in [6.07, 6.45) is 4.96. The van der Waals surface area contributed by atoms with Gasteiger partial charge in [-0.2, -0.15) is 0 Å². The molecule has 0 radical (unpaired) electrons. The summed E-state index contributed by atoms with van der Waals surface area (Å²) in [5, 5.41) is 0. The molecule has 1 saturated carbocycles. The van der Waals surface area contributed by atoms with Crippen LogP contribution in [0.2, 0.25) is 0 Å². The lowest BCUT2D eigenvalue weighted by Gasteiger charge is -2.28. The normalized spacial score (nSPS) is 19.9. The molecule has 1 aromatic heterocycles. The minimum Gasteiger partial charge on any atom is -0.310 e. The van der Waals surface area contributed by atoms with Gasteiger partial charge in [-0.1, -0.05) is 49.6 Å². The summed E-state index contributed by atoms with van der Waals surface area (Å²) < 4.78 is 1.38. The molecule has 3 rings (SSSR count). The number of nitrogens with zero attached hydrogens (tertiary/aromatic N) is 2. The number of aromatic amines is 1. The summed E-state index contributed by atoms with van der Waals surface area (Å²) >= 11 is 0. The van der Waals surface area contributed by atoms with E-state index in [-0.39, 0.29) is 17.2 Å². The monoisotopic (exact) mass is 383 g/mol. The second-order valence-corrected chi connectivity index (χ2v) is 8.71. The number of rotatable bonds is 6. The van der Waals surface area contributed by atoms with Crippen LogP contribution in [0.5, 0.6) is 0 Å². The predicted octanol–water partition coefficient (Wildman–Crippen LogP) is 3.29. The van der Waals surface area contributed by atoms with Crippen molar-refractivity contribution in [3.8, 4) is 0 Å². The lowest BCUT2D eigenvalue weighted by atomic mass is 9.80. The molecule has 152 valence electrons. The second kappa shape index (κ2) is 8.91. The molecule has 0 amide bonds. The summed E-state index contributed by atoms with van der Waals surface area (Å²) in [6.45, 7) is 5.41. The van der Waals surface area contributed by atoms with Crippen LogP contribution in [0.4, 0.5) is 0 Å². The number of benzene rings is 1. The highest BCUT2D eigenvalue weighted by molar-refractivity contribution is 5.31. The van der Waals surface area contributed by atoms with Crippen molar-refractivity contribution < 1.29 is 0 Å². The van der Waals surface area contributed by atoms with Gasteiger partial charge in [0.05, 0.1) is 0 Å². The Labute approximate surface area is 167 Å². The van der Waals surface area contributed by atoms with Crippen molar-refractivity contribution in [2.45, 2.75) is 58.4 Å². The molecule has 1 aromatic carbocycles. The Morgan fingerprint density at radius 3 is 2.50 bits per heavy atom. The molecule has 5 heteroatoms. The number of H-pyrrole nitrogens is 1. The smallest absolute Gasteiger partial charge is 0.310 e. The molecule has 0 atom stereocenters. The molecule has 1 N–H and O–H groups in total. The zero-order valence-electron chi connectivity index (χ0n) is 17.6. The maximum atomic E-state index is 13.3. The third kappa shape index (κ3) is 4.82. The van der Waals surface area contributed by atoms with Gasteiger partial charge in [-0.15, -0.1) is 0 Å². The van der Waals surface area contributed by atoms with Gasteiger partial charge in [-0.05, 0) is 51.3 Å². The minimum absolute atomic E-state index is 0.124. The first-order valence-electron chi connectivity index (χ1n) is 10.4. The first-order chi connectivity index (χ1) is 13.3. The Balaban J connectivity index is 2.04. The number of hydrogen-bond acceptors (Lipinski definition) is 3. The van der Waals surface area contributed by atoms with E-state index < -0.39 is 0 Å². The summed E-state index contributed by atoms with van der Waals surface area (Å²) in [7, 11) is 3.90. The number of nitrogens with one attached hydrogen (secondary N) is 1. The first kappa shape index (κ1) is 20.6. The second-order valence-electron chi connectivity index (χ2n) is 8.71. The van der Waals surface area contributed by atoms with E-state index in [0.717, 1.165) is 48.4 Å². The molecule has 2 aromatic rings. The Bertz CT molecular complexity index is 918. The van der Waals surface area contributed by atoms with Crippen LogP contribution >= 0.6 is 0 Å². The molecular formula is C23H33N3O2. The quantitative estimate of drug-likeness (QED) is 0.833. The maximum Gasteiger partial charge on any atom is 0.328 e. The van der Waals surface area contributed by atoms with Crippen molar-refractivity contribution in [3.63, 3.8) is 0 Å². The van der Waals surface area contributed by atoms with E-state index in [0.29, 0.717) is 19.5 Å². The fourth-order valence-electron chi connectivity index (χ4n) is 4.23. The molecule has 0 aliphatic heterocycles. The van der Waals surface area contributed by atoms with Gasteiger partial charge in [0.25, 0.3) is 5.56 Å². The van der Waals surface area contributed by atoms with E-state index in [1.165, 1.54) is 10.1 Å². The summed E-state index contributed by atoms with van der Waals surface area (Å²) in [5.41, 5.74) is 3.55. The zero-order chi connectivity index (χ0) is 20.3. The van der Waals surface area contributed by atoms with Crippen molar-refractivity contribution in [3.05, 3.63) is 67.5 Å². The third-order valence-corrected chi connectivity index (χ3v) is 5.97. The van der Waals surface area contributed by atoms with Crippen LogP contribution in [0, 0.1) is 12.8 Å². The standard InChI is InChI=1S/C23H33N3O2/c1-16-8-10-19(11-9-16)21-20(15-18-7-5-6-17(2)14-18)22(27)26(23(28)24-21)13-12-25(3)4/h5-7,14,16,19H,8-13,15H2,1-4H3,(H,24,28). The molecule has 1 fully saturated rings. The van der Waals surface area contributed by atoms with E-state index in [1.807, 2.05) is 25.1 Å². The molecule has 0 unspecified atom stereocenters. The minimum atomic E-state index is -0.270. The van der Waals surface area contributed by atoms with Gasteiger partial charge in [-0.3, -0.25) is 9.36 Å². The van der Waals surface area contributed by atoms with E-state index in [1.54, 1.807) is 0 Å². The summed E-state index contributed by atoms with van der Waals surface area (Å²) in [4.78, 5) is 31.2. The highest BCUT2D eigenvalue weighted by Gasteiger charge is 2.25. The highest BCUT2D eigenvalue weighted by atomic mass is 16.2. The van der Waals surface area contributed by atoms with Gasteiger partial charge in [0, 0.05) is 30.8 Å². The largest absolute Gasteiger partial charge is 0.328 e. The molecule has 28 heavy (non-hydrogen) atoms. The molecule has 1 aliphatic carbocycles. The summed E-state index contributed by atoms with van der Waals surface area (Å²) in [5.74, 6) is 1.00. The molecule has 5 nitrogen and oxygen atoms in total. The Kier molecular flexibility index (Phi) is 6.55. The van der Waals surface area contributed by atoms with E-state index in [4.69, 9.17) is 0 Å². The Hall–Kier alpha value is -2.14. The van der Waals surface area contributed by atoms with Crippen molar-refractivity contribution in [2.24, 2.45) is 5.92 Å².